The third-order valence-electron chi connectivity index (χ3n) is 4.12. The maximum absolute atomic E-state index is 11.8. The van der Waals surface area contributed by atoms with Crippen molar-refractivity contribution < 1.29 is 9.59 Å². The Morgan fingerprint density at radius 3 is 2.37 bits per heavy atom. The summed E-state index contributed by atoms with van der Waals surface area (Å²) in [4.78, 5) is 24.7. The van der Waals surface area contributed by atoms with E-state index in [-0.39, 0.29) is 18.0 Å². The van der Waals surface area contributed by atoms with E-state index in [1.54, 1.807) is 6.92 Å². The zero-order chi connectivity index (χ0) is 13.4. The van der Waals surface area contributed by atoms with Crippen LogP contribution in [0.1, 0.15) is 24.5 Å². The molecule has 1 aliphatic carbocycles. The highest BCUT2D eigenvalue weighted by molar-refractivity contribution is 6.03. The summed E-state index contributed by atoms with van der Waals surface area (Å²) in [5, 5.41) is 2.65. The molecule has 3 rings (SSSR count). The molecule has 1 heterocycles. The number of carbonyl (C=O) groups is 2. The monoisotopic (exact) mass is 258 g/mol. The lowest BCUT2D eigenvalue weighted by molar-refractivity contribution is -0.127. The highest BCUT2D eigenvalue weighted by Gasteiger charge is 2.35. The van der Waals surface area contributed by atoms with Crippen LogP contribution in [0.2, 0.25) is 0 Å². The number of hydrogen-bond donors (Lipinski definition) is 1. The molecule has 4 heteroatoms. The van der Waals surface area contributed by atoms with E-state index < -0.39 is 0 Å². The fraction of sp³-hybridized carbons (Fsp3) is 0.467. The van der Waals surface area contributed by atoms with Crippen LogP contribution in [0.4, 0.5) is 4.79 Å². The highest BCUT2D eigenvalue weighted by atomic mass is 16.2. The van der Waals surface area contributed by atoms with Gasteiger partial charge in [0.15, 0.2) is 0 Å². The van der Waals surface area contributed by atoms with E-state index in [0.29, 0.717) is 12.5 Å². The van der Waals surface area contributed by atoms with Gasteiger partial charge in [-0.05, 0) is 43.2 Å². The Morgan fingerprint density at radius 2 is 1.84 bits per heavy atom. The number of fused-ring (bicyclic) bond motifs is 1. The minimum Gasteiger partial charge on any atom is -0.326 e. The van der Waals surface area contributed by atoms with Crippen LogP contribution in [0.3, 0.4) is 0 Å². The summed E-state index contributed by atoms with van der Waals surface area (Å²) in [6, 6.07) is 7.87. The van der Waals surface area contributed by atoms with Gasteiger partial charge in [-0.3, -0.25) is 9.69 Å². The third-order valence-corrected chi connectivity index (χ3v) is 4.12. The second-order valence-electron chi connectivity index (χ2n) is 5.49. The largest absolute Gasteiger partial charge is 0.326 e. The van der Waals surface area contributed by atoms with E-state index in [4.69, 9.17) is 0 Å². The van der Waals surface area contributed by atoms with Gasteiger partial charge in [-0.1, -0.05) is 24.3 Å². The maximum atomic E-state index is 11.8. The molecule has 0 saturated carbocycles. The second-order valence-corrected chi connectivity index (χ2v) is 5.49. The van der Waals surface area contributed by atoms with Crippen LogP contribution in [-0.4, -0.2) is 29.4 Å². The summed E-state index contributed by atoms with van der Waals surface area (Å²) < 4.78 is 0. The van der Waals surface area contributed by atoms with E-state index in [9.17, 15) is 9.59 Å². The van der Waals surface area contributed by atoms with Gasteiger partial charge in [-0.25, -0.2) is 4.79 Å². The molecule has 1 saturated heterocycles. The molecule has 100 valence electrons. The molecule has 0 bridgehead atoms. The van der Waals surface area contributed by atoms with Crippen molar-refractivity contribution in [1.29, 1.82) is 0 Å². The minimum atomic E-state index is -0.367. The van der Waals surface area contributed by atoms with Crippen LogP contribution in [0.15, 0.2) is 24.3 Å². The Bertz CT molecular complexity index is 502. The smallest absolute Gasteiger partial charge is 0.324 e. The van der Waals surface area contributed by atoms with Crippen molar-refractivity contribution in [2.75, 3.05) is 6.54 Å². The fourth-order valence-electron chi connectivity index (χ4n) is 3.04. The first kappa shape index (κ1) is 12.2. The molecule has 0 spiro atoms. The van der Waals surface area contributed by atoms with Gasteiger partial charge in [-0.15, -0.1) is 0 Å². The van der Waals surface area contributed by atoms with E-state index >= 15 is 0 Å². The van der Waals surface area contributed by atoms with Crippen molar-refractivity contribution in [2.24, 2.45) is 5.92 Å². The quantitative estimate of drug-likeness (QED) is 0.839. The molecule has 0 radical (unpaired) electrons. The zero-order valence-electron chi connectivity index (χ0n) is 11.1. The Hall–Kier alpha value is -1.84. The predicted octanol–water partition coefficient (Wildman–Crippen LogP) is 1.73. The van der Waals surface area contributed by atoms with Gasteiger partial charge < -0.3 is 5.32 Å². The molecule has 0 aromatic heterocycles. The molecule has 1 N–H and O–H groups in total. The molecule has 1 aliphatic heterocycles. The zero-order valence-corrected chi connectivity index (χ0v) is 11.1. The molecule has 1 fully saturated rings. The standard InChI is InChI=1S/C15H18N2O2/c1-10-14(18)17(15(19)16-10)7-6-11-8-12-4-2-3-5-13(12)9-11/h2-5,10-11H,6-9H2,1H3,(H,16,19)/t10-/m0/s1. The number of benzene rings is 1. The summed E-state index contributed by atoms with van der Waals surface area (Å²) in [6.45, 7) is 2.26. The Kier molecular flexibility index (Phi) is 3.01. The number of imide groups is 1. The van der Waals surface area contributed by atoms with Gasteiger partial charge in [0.05, 0.1) is 0 Å². The van der Waals surface area contributed by atoms with Gasteiger partial charge in [-0.2, -0.15) is 0 Å². The van der Waals surface area contributed by atoms with Crippen LogP contribution in [0, 0.1) is 5.92 Å². The van der Waals surface area contributed by atoms with Gasteiger partial charge in [0.1, 0.15) is 6.04 Å². The SMILES string of the molecule is C[C@@H]1NC(=O)N(CCC2Cc3ccccc3C2)C1=O. The van der Waals surface area contributed by atoms with Crippen molar-refractivity contribution in [3.05, 3.63) is 35.4 Å². The molecule has 1 atom stereocenters. The number of amides is 3. The molecule has 1 aromatic carbocycles. The summed E-state index contributed by atoms with van der Waals surface area (Å²) in [5.74, 6) is 0.453. The second kappa shape index (κ2) is 4.68. The molecule has 4 nitrogen and oxygen atoms in total. The van der Waals surface area contributed by atoms with Crippen molar-refractivity contribution in [3.63, 3.8) is 0 Å². The van der Waals surface area contributed by atoms with E-state index in [1.807, 2.05) is 0 Å². The molecular formula is C15H18N2O2. The lowest BCUT2D eigenvalue weighted by Crippen LogP contribution is -2.33. The Morgan fingerprint density at radius 1 is 1.21 bits per heavy atom. The first-order valence-corrected chi connectivity index (χ1v) is 6.84. The van der Waals surface area contributed by atoms with Crippen molar-refractivity contribution in [3.8, 4) is 0 Å². The number of nitrogens with one attached hydrogen (secondary N) is 1. The van der Waals surface area contributed by atoms with Crippen molar-refractivity contribution >= 4 is 11.9 Å². The van der Waals surface area contributed by atoms with Crippen LogP contribution >= 0.6 is 0 Å². The van der Waals surface area contributed by atoms with Gasteiger partial charge in [0, 0.05) is 6.54 Å². The van der Waals surface area contributed by atoms with E-state index in [0.717, 1.165) is 19.3 Å². The van der Waals surface area contributed by atoms with Crippen molar-refractivity contribution in [2.45, 2.75) is 32.2 Å². The minimum absolute atomic E-state index is 0.0967. The summed E-state index contributed by atoms with van der Waals surface area (Å²) in [7, 11) is 0. The first-order valence-electron chi connectivity index (χ1n) is 6.84. The Balaban J connectivity index is 1.58. The van der Waals surface area contributed by atoms with Crippen LogP contribution in [0.5, 0.6) is 0 Å². The van der Waals surface area contributed by atoms with Crippen LogP contribution in [0.25, 0.3) is 0 Å². The van der Waals surface area contributed by atoms with Crippen LogP contribution < -0.4 is 5.32 Å². The lowest BCUT2D eigenvalue weighted by atomic mass is 10.0. The lowest BCUT2D eigenvalue weighted by Gasteiger charge is -2.15. The topological polar surface area (TPSA) is 49.4 Å². The summed E-state index contributed by atoms with van der Waals surface area (Å²) >= 11 is 0. The number of urea groups is 1. The molecule has 19 heavy (non-hydrogen) atoms. The number of rotatable bonds is 3. The molecule has 0 unspecified atom stereocenters. The van der Waals surface area contributed by atoms with E-state index in [2.05, 4.69) is 29.6 Å². The van der Waals surface area contributed by atoms with Crippen LogP contribution in [-0.2, 0) is 17.6 Å². The summed E-state index contributed by atoms with van der Waals surface area (Å²) in [6.07, 6.45) is 3.02. The number of hydrogen-bond acceptors (Lipinski definition) is 2. The third kappa shape index (κ3) is 2.23. The molecule has 1 aromatic rings. The highest BCUT2D eigenvalue weighted by Crippen LogP contribution is 2.28. The average molecular weight is 258 g/mol. The molecule has 2 aliphatic rings. The Labute approximate surface area is 112 Å². The number of nitrogens with zero attached hydrogens (tertiary/aromatic N) is 1. The van der Waals surface area contributed by atoms with Crippen molar-refractivity contribution in [1.82, 2.24) is 10.2 Å². The number of carbonyl (C=O) groups excluding carboxylic acids is 2. The van der Waals surface area contributed by atoms with E-state index in [1.165, 1.54) is 16.0 Å². The van der Waals surface area contributed by atoms with Gasteiger partial charge >= 0.3 is 6.03 Å². The average Bonchev–Trinajstić information content (AvgIpc) is 2.90. The molecular weight excluding hydrogens is 240 g/mol. The molecule has 3 amide bonds. The summed E-state index contributed by atoms with van der Waals surface area (Å²) in [5.41, 5.74) is 2.83. The maximum Gasteiger partial charge on any atom is 0.324 e. The fourth-order valence-corrected chi connectivity index (χ4v) is 3.04. The predicted molar refractivity (Wildman–Crippen MR) is 71.7 cm³/mol. The normalized spacial score (nSPS) is 22.8. The van der Waals surface area contributed by atoms with Gasteiger partial charge in [0.2, 0.25) is 0 Å². The first-order chi connectivity index (χ1) is 9.15. The van der Waals surface area contributed by atoms with Gasteiger partial charge in [0.25, 0.3) is 5.91 Å².